The van der Waals surface area contributed by atoms with Crippen LogP contribution in [-0.2, 0) is 12.0 Å². The Kier molecular flexibility index (Phi) is 3.66. The highest BCUT2D eigenvalue weighted by Gasteiger charge is 2.17. The van der Waals surface area contributed by atoms with E-state index in [0.29, 0.717) is 12.2 Å². The Balaban J connectivity index is 2.03. The zero-order valence-electron chi connectivity index (χ0n) is 10.8. The topological polar surface area (TPSA) is 24.9 Å². The van der Waals surface area contributed by atoms with E-state index in [4.69, 9.17) is 0 Å². The van der Waals surface area contributed by atoms with Gasteiger partial charge in [-0.2, -0.15) is 0 Å². The molecule has 0 fully saturated rings. The monoisotopic (exact) mass is 264 g/mol. The van der Waals surface area contributed by atoms with Crippen molar-refractivity contribution in [1.82, 2.24) is 4.98 Å². The summed E-state index contributed by atoms with van der Waals surface area (Å²) in [6.07, 6.45) is 1.86. The Morgan fingerprint density at radius 2 is 2.00 bits per heavy atom. The lowest BCUT2D eigenvalue weighted by molar-refractivity contribution is 0.585. The third-order valence-electron chi connectivity index (χ3n) is 2.52. The van der Waals surface area contributed by atoms with Crippen molar-refractivity contribution in [3.63, 3.8) is 0 Å². The number of nitrogens with zero attached hydrogens (tertiary/aromatic N) is 1. The van der Waals surface area contributed by atoms with Crippen molar-refractivity contribution in [2.45, 2.75) is 32.7 Å². The molecule has 2 rings (SSSR count). The summed E-state index contributed by atoms with van der Waals surface area (Å²) in [5.74, 6) is -0.224. The van der Waals surface area contributed by atoms with E-state index in [9.17, 15) is 4.39 Å². The largest absolute Gasteiger partial charge is 0.378 e. The lowest BCUT2D eigenvalue weighted by atomic mass is 9.98. The van der Waals surface area contributed by atoms with Gasteiger partial charge in [0, 0.05) is 16.5 Å². The molecule has 0 radical (unpaired) electrons. The Morgan fingerprint density at radius 1 is 1.28 bits per heavy atom. The van der Waals surface area contributed by atoms with Gasteiger partial charge in [-0.15, -0.1) is 11.3 Å². The first-order valence-electron chi connectivity index (χ1n) is 5.90. The second-order valence-corrected chi connectivity index (χ2v) is 6.33. The van der Waals surface area contributed by atoms with Gasteiger partial charge in [-0.25, -0.2) is 9.37 Å². The number of para-hydroxylation sites is 1. The average molecular weight is 264 g/mol. The summed E-state index contributed by atoms with van der Waals surface area (Å²) in [6.45, 7) is 7.02. The number of nitrogens with one attached hydrogen (secondary N) is 1. The van der Waals surface area contributed by atoms with Crippen LogP contribution in [0.4, 0.5) is 10.1 Å². The summed E-state index contributed by atoms with van der Waals surface area (Å²) in [4.78, 5) is 5.52. The van der Waals surface area contributed by atoms with Crippen LogP contribution in [-0.4, -0.2) is 4.98 Å². The van der Waals surface area contributed by atoms with Crippen LogP contribution < -0.4 is 5.32 Å². The lowest BCUT2D eigenvalue weighted by Gasteiger charge is -2.13. The first-order valence-corrected chi connectivity index (χ1v) is 6.72. The summed E-state index contributed by atoms with van der Waals surface area (Å²) in [5, 5.41) is 4.19. The Morgan fingerprint density at radius 3 is 2.61 bits per heavy atom. The molecule has 96 valence electrons. The number of thiazole rings is 1. The molecule has 0 bridgehead atoms. The highest BCUT2D eigenvalue weighted by Crippen LogP contribution is 2.27. The van der Waals surface area contributed by atoms with Crippen molar-refractivity contribution in [2.75, 3.05) is 5.32 Å². The normalized spacial score (nSPS) is 11.6. The number of hydrogen-bond donors (Lipinski definition) is 1. The van der Waals surface area contributed by atoms with Crippen molar-refractivity contribution < 1.29 is 4.39 Å². The summed E-state index contributed by atoms with van der Waals surface area (Å²) in [6, 6.07) is 6.69. The third kappa shape index (κ3) is 3.07. The fraction of sp³-hybridized carbons (Fsp3) is 0.357. The zero-order valence-corrected chi connectivity index (χ0v) is 11.6. The van der Waals surface area contributed by atoms with Crippen LogP contribution in [0, 0.1) is 5.82 Å². The Bertz CT molecular complexity index is 529. The van der Waals surface area contributed by atoms with Gasteiger partial charge >= 0.3 is 0 Å². The van der Waals surface area contributed by atoms with Gasteiger partial charge in [-0.3, -0.25) is 0 Å². The number of benzene rings is 1. The molecule has 0 spiro atoms. The van der Waals surface area contributed by atoms with Crippen LogP contribution in [0.15, 0.2) is 30.5 Å². The van der Waals surface area contributed by atoms with Crippen molar-refractivity contribution in [3.05, 3.63) is 46.2 Å². The smallest absolute Gasteiger partial charge is 0.146 e. The van der Waals surface area contributed by atoms with Crippen molar-refractivity contribution >= 4 is 17.0 Å². The van der Waals surface area contributed by atoms with E-state index in [0.717, 1.165) is 9.88 Å². The first-order chi connectivity index (χ1) is 8.47. The van der Waals surface area contributed by atoms with E-state index >= 15 is 0 Å². The van der Waals surface area contributed by atoms with Gasteiger partial charge in [0.2, 0.25) is 0 Å². The van der Waals surface area contributed by atoms with Gasteiger partial charge < -0.3 is 5.32 Å². The maximum absolute atomic E-state index is 13.4. The van der Waals surface area contributed by atoms with Crippen molar-refractivity contribution in [2.24, 2.45) is 0 Å². The summed E-state index contributed by atoms with van der Waals surface area (Å²) in [5.41, 5.74) is 0.601. The molecule has 0 amide bonds. The SMILES string of the molecule is CC(C)(C)c1ncc(CNc2ccccc2F)s1. The molecular formula is C14H17FN2S. The van der Waals surface area contributed by atoms with Gasteiger partial charge in [0.1, 0.15) is 5.82 Å². The molecule has 2 aromatic rings. The molecule has 0 saturated heterocycles. The van der Waals surface area contributed by atoms with Crippen molar-refractivity contribution in [3.8, 4) is 0 Å². The molecule has 1 heterocycles. The second kappa shape index (κ2) is 5.06. The molecule has 1 N–H and O–H groups in total. The van der Waals surface area contributed by atoms with Gasteiger partial charge in [0.15, 0.2) is 0 Å². The van der Waals surface area contributed by atoms with Gasteiger partial charge in [-0.1, -0.05) is 32.9 Å². The molecule has 1 aromatic carbocycles. The molecule has 18 heavy (non-hydrogen) atoms. The van der Waals surface area contributed by atoms with E-state index in [-0.39, 0.29) is 11.2 Å². The molecule has 0 aliphatic rings. The molecule has 4 heteroatoms. The number of halogens is 1. The number of rotatable bonds is 3. The van der Waals surface area contributed by atoms with Crippen LogP contribution in [0.25, 0.3) is 0 Å². The molecule has 0 aliphatic carbocycles. The minimum atomic E-state index is -0.224. The molecule has 0 unspecified atom stereocenters. The van der Waals surface area contributed by atoms with Crippen LogP contribution in [0.1, 0.15) is 30.7 Å². The fourth-order valence-corrected chi connectivity index (χ4v) is 2.43. The molecule has 2 nitrogen and oxygen atoms in total. The zero-order chi connectivity index (χ0) is 13.2. The summed E-state index contributed by atoms with van der Waals surface area (Å²) < 4.78 is 13.4. The van der Waals surface area contributed by atoms with Crippen molar-refractivity contribution in [1.29, 1.82) is 0 Å². The third-order valence-corrected chi connectivity index (χ3v) is 3.95. The van der Waals surface area contributed by atoms with Crippen LogP contribution in [0.5, 0.6) is 0 Å². The maximum atomic E-state index is 13.4. The van der Waals surface area contributed by atoms with E-state index in [1.165, 1.54) is 6.07 Å². The quantitative estimate of drug-likeness (QED) is 0.899. The van der Waals surface area contributed by atoms with Gasteiger partial charge in [0.25, 0.3) is 0 Å². The predicted molar refractivity (Wildman–Crippen MR) is 74.5 cm³/mol. The standard InChI is InChI=1S/C14H17FN2S/c1-14(2,3)13-17-9-10(18-13)8-16-12-7-5-4-6-11(12)15/h4-7,9,16H,8H2,1-3H3. The van der Waals surface area contributed by atoms with Crippen LogP contribution >= 0.6 is 11.3 Å². The Labute approximate surface area is 111 Å². The van der Waals surface area contributed by atoms with E-state index in [1.54, 1.807) is 23.5 Å². The number of hydrogen-bond acceptors (Lipinski definition) is 3. The minimum absolute atomic E-state index is 0.0704. The van der Waals surface area contributed by atoms with Crippen LogP contribution in [0.2, 0.25) is 0 Å². The lowest BCUT2D eigenvalue weighted by Crippen LogP contribution is -2.09. The van der Waals surface area contributed by atoms with Gasteiger partial charge in [-0.05, 0) is 12.1 Å². The molecule has 1 aromatic heterocycles. The highest BCUT2D eigenvalue weighted by molar-refractivity contribution is 7.11. The van der Waals surface area contributed by atoms with Crippen LogP contribution in [0.3, 0.4) is 0 Å². The minimum Gasteiger partial charge on any atom is -0.378 e. The highest BCUT2D eigenvalue weighted by atomic mass is 32.1. The number of anilines is 1. The second-order valence-electron chi connectivity index (χ2n) is 5.22. The summed E-state index contributed by atoms with van der Waals surface area (Å²) in [7, 11) is 0. The average Bonchev–Trinajstić information content (AvgIpc) is 2.76. The van der Waals surface area contributed by atoms with E-state index < -0.39 is 0 Å². The Hall–Kier alpha value is -1.42. The fourth-order valence-electron chi connectivity index (χ4n) is 1.52. The molecule has 0 atom stereocenters. The maximum Gasteiger partial charge on any atom is 0.146 e. The molecule has 0 saturated carbocycles. The van der Waals surface area contributed by atoms with Gasteiger partial charge in [0.05, 0.1) is 17.2 Å². The molecule has 0 aliphatic heterocycles. The predicted octanol–water partition coefficient (Wildman–Crippen LogP) is 4.19. The van der Waals surface area contributed by atoms with E-state index in [1.807, 2.05) is 12.3 Å². The van der Waals surface area contributed by atoms with E-state index in [2.05, 4.69) is 31.1 Å². The molecular weight excluding hydrogens is 247 g/mol. The summed E-state index contributed by atoms with van der Waals surface area (Å²) >= 11 is 1.67. The number of aromatic nitrogens is 1. The first kappa shape index (κ1) is 13.0.